The number of nitrogens with one attached hydrogen (secondary N) is 1. The van der Waals surface area contributed by atoms with Gasteiger partial charge in [0.15, 0.2) is 0 Å². The monoisotopic (exact) mass is 414 g/mol. The topological polar surface area (TPSA) is 82.2 Å². The van der Waals surface area contributed by atoms with Crippen molar-refractivity contribution in [3.63, 3.8) is 0 Å². The Hall–Kier alpha value is -2.45. The third-order valence-electron chi connectivity index (χ3n) is 6.27. The number of morpholine rings is 1. The molecule has 2 saturated heterocycles. The van der Waals surface area contributed by atoms with Crippen LogP contribution in [0.25, 0.3) is 0 Å². The van der Waals surface area contributed by atoms with Crippen LogP contribution in [0.2, 0.25) is 0 Å². The molecular weight excluding hydrogens is 384 g/mol. The van der Waals surface area contributed by atoms with Crippen LogP contribution in [0.15, 0.2) is 24.3 Å². The number of rotatable bonds is 5. The maximum absolute atomic E-state index is 12.7. The molecule has 2 fully saturated rings. The van der Waals surface area contributed by atoms with Crippen molar-refractivity contribution >= 4 is 23.4 Å². The summed E-state index contributed by atoms with van der Waals surface area (Å²) in [7, 11) is 0. The van der Waals surface area contributed by atoms with Crippen molar-refractivity contribution < 1.29 is 19.1 Å². The van der Waals surface area contributed by atoms with Gasteiger partial charge in [-0.05, 0) is 24.5 Å². The zero-order chi connectivity index (χ0) is 20.9. The van der Waals surface area contributed by atoms with E-state index in [4.69, 9.17) is 4.74 Å². The minimum atomic E-state index is -0.166. The van der Waals surface area contributed by atoms with Gasteiger partial charge in [-0.1, -0.05) is 18.2 Å². The molecule has 0 spiro atoms. The Bertz CT molecular complexity index is 785. The molecule has 3 heterocycles. The van der Waals surface area contributed by atoms with Gasteiger partial charge in [0.2, 0.25) is 17.7 Å². The second-order valence-electron chi connectivity index (χ2n) is 8.24. The van der Waals surface area contributed by atoms with E-state index in [1.165, 1.54) is 0 Å². The Kier molecular flexibility index (Phi) is 6.64. The fourth-order valence-corrected chi connectivity index (χ4v) is 4.36. The first-order valence-corrected chi connectivity index (χ1v) is 10.8. The highest BCUT2D eigenvalue weighted by Gasteiger charge is 2.29. The van der Waals surface area contributed by atoms with Gasteiger partial charge >= 0.3 is 0 Å². The Balaban J connectivity index is 1.20. The van der Waals surface area contributed by atoms with Crippen LogP contribution in [-0.4, -0.2) is 91.4 Å². The number of benzene rings is 1. The maximum atomic E-state index is 12.7. The minimum Gasteiger partial charge on any atom is -0.379 e. The zero-order valence-corrected chi connectivity index (χ0v) is 17.3. The van der Waals surface area contributed by atoms with Gasteiger partial charge in [-0.3, -0.25) is 19.3 Å². The van der Waals surface area contributed by atoms with Gasteiger partial charge in [0, 0.05) is 57.3 Å². The van der Waals surface area contributed by atoms with Crippen molar-refractivity contribution in [1.82, 2.24) is 14.7 Å². The van der Waals surface area contributed by atoms with Crippen LogP contribution in [0.4, 0.5) is 5.69 Å². The molecule has 0 aliphatic carbocycles. The van der Waals surface area contributed by atoms with Crippen LogP contribution in [0.3, 0.4) is 0 Å². The predicted molar refractivity (Wildman–Crippen MR) is 112 cm³/mol. The molecule has 3 aliphatic rings. The second kappa shape index (κ2) is 9.57. The van der Waals surface area contributed by atoms with Crippen molar-refractivity contribution in [3.05, 3.63) is 29.8 Å². The Morgan fingerprint density at radius 1 is 0.967 bits per heavy atom. The largest absolute Gasteiger partial charge is 0.379 e. The lowest BCUT2D eigenvalue weighted by molar-refractivity contribution is -0.141. The molecule has 0 bridgehead atoms. The van der Waals surface area contributed by atoms with E-state index in [-0.39, 0.29) is 23.6 Å². The number of amides is 3. The molecule has 1 aromatic carbocycles. The highest BCUT2D eigenvalue weighted by molar-refractivity contribution is 5.96. The van der Waals surface area contributed by atoms with Gasteiger partial charge in [-0.2, -0.15) is 0 Å². The van der Waals surface area contributed by atoms with Crippen LogP contribution >= 0.6 is 0 Å². The average molecular weight is 415 g/mol. The molecule has 30 heavy (non-hydrogen) atoms. The smallest absolute Gasteiger partial charge is 0.236 e. The van der Waals surface area contributed by atoms with Crippen LogP contribution < -0.4 is 5.32 Å². The third kappa shape index (κ3) is 4.99. The highest BCUT2D eigenvalue weighted by Crippen LogP contribution is 2.27. The van der Waals surface area contributed by atoms with Gasteiger partial charge in [0.25, 0.3) is 0 Å². The summed E-state index contributed by atoms with van der Waals surface area (Å²) >= 11 is 0. The number of hydrogen-bond donors (Lipinski definition) is 1. The highest BCUT2D eigenvalue weighted by atomic mass is 16.5. The van der Waals surface area contributed by atoms with Crippen molar-refractivity contribution in [2.24, 2.45) is 5.92 Å². The molecule has 8 heteroatoms. The van der Waals surface area contributed by atoms with E-state index in [0.717, 1.165) is 24.3 Å². The average Bonchev–Trinajstić information content (AvgIpc) is 2.78. The number of para-hydroxylation sites is 1. The van der Waals surface area contributed by atoms with Crippen molar-refractivity contribution in [3.8, 4) is 0 Å². The fraction of sp³-hybridized carbons (Fsp3) is 0.591. The Morgan fingerprint density at radius 3 is 2.37 bits per heavy atom. The predicted octanol–water partition coefficient (Wildman–Crippen LogP) is 0.581. The molecule has 4 rings (SSSR count). The van der Waals surface area contributed by atoms with E-state index in [9.17, 15) is 14.4 Å². The summed E-state index contributed by atoms with van der Waals surface area (Å²) in [5.74, 6) is 0.0312. The molecule has 1 aromatic rings. The summed E-state index contributed by atoms with van der Waals surface area (Å²) < 4.78 is 5.32. The fourth-order valence-electron chi connectivity index (χ4n) is 4.36. The van der Waals surface area contributed by atoms with Crippen LogP contribution in [-0.2, 0) is 25.5 Å². The van der Waals surface area contributed by atoms with E-state index < -0.39 is 0 Å². The van der Waals surface area contributed by atoms with Gasteiger partial charge < -0.3 is 19.9 Å². The zero-order valence-electron chi connectivity index (χ0n) is 17.3. The summed E-state index contributed by atoms with van der Waals surface area (Å²) in [5.41, 5.74) is 2.00. The molecule has 0 radical (unpaired) electrons. The number of hydrogen-bond acceptors (Lipinski definition) is 5. The van der Waals surface area contributed by atoms with E-state index in [0.29, 0.717) is 65.2 Å². The Labute approximate surface area is 177 Å². The van der Waals surface area contributed by atoms with Crippen LogP contribution in [0.5, 0.6) is 0 Å². The standard InChI is InChI=1S/C22H30N4O4/c27-20(6-5-18-15-17-3-1-2-4-19(17)23-22(18)29)25-7-9-26(10-8-25)21(28)16-24-11-13-30-14-12-24/h1-4,18H,5-16H2,(H,23,29)/t18-/m0/s1. The molecule has 3 aliphatic heterocycles. The number of carbonyl (C=O) groups excluding carboxylic acids is 3. The lowest BCUT2D eigenvalue weighted by Crippen LogP contribution is -2.53. The molecule has 0 unspecified atom stereocenters. The lowest BCUT2D eigenvalue weighted by atomic mass is 9.89. The van der Waals surface area contributed by atoms with Gasteiger partial charge in [0.05, 0.1) is 19.8 Å². The lowest BCUT2D eigenvalue weighted by Gasteiger charge is -2.36. The first-order valence-electron chi connectivity index (χ1n) is 10.8. The number of carbonyl (C=O) groups is 3. The van der Waals surface area contributed by atoms with Gasteiger partial charge in [-0.25, -0.2) is 0 Å². The third-order valence-corrected chi connectivity index (χ3v) is 6.27. The van der Waals surface area contributed by atoms with Crippen molar-refractivity contribution in [2.45, 2.75) is 19.3 Å². The van der Waals surface area contributed by atoms with E-state index in [1.807, 2.05) is 34.1 Å². The number of nitrogens with zero attached hydrogens (tertiary/aromatic N) is 3. The SMILES string of the molecule is O=C1Nc2ccccc2C[C@@H]1CCC(=O)N1CCN(C(=O)CN2CCOCC2)CC1. The summed E-state index contributed by atoms with van der Waals surface area (Å²) in [4.78, 5) is 43.3. The van der Waals surface area contributed by atoms with Gasteiger partial charge in [-0.15, -0.1) is 0 Å². The molecule has 3 amide bonds. The second-order valence-corrected chi connectivity index (χ2v) is 8.24. The maximum Gasteiger partial charge on any atom is 0.236 e. The molecular formula is C22H30N4O4. The minimum absolute atomic E-state index is 0.0000266. The first-order chi connectivity index (χ1) is 14.6. The number of ether oxygens (including phenoxy) is 1. The van der Waals surface area contributed by atoms with Gasteiger partial charge in [0.1, 0.15) is 0 Å². The summed E-state index contributed by atoms with van der Waals surface area (Å²) in [5, 5.41) is 2.95. The normalized spacial score (nSPS) is 22.4. The number of anilines is 1. The summed E-state index contributed by atoms with van der Waals surface area (Å²) in [6, 6.07) is 7.82. The summed E-state index contributed by atoms with van der Waals surface area (Å²) in [6.45, 7) is 5.65. The van der Waals surface area contributed by atoms with E-state index >= 15 is 0 Å². The molecule has 0 saturated carbocycles. The molecule has 8 nitrogen and oxygen atoms in total. The van der Waals surface area contributed by atoms with E-state index in [2.05, 4.69) is 10.2 Å². The molecule has 0 aromatic heterocycles. The summed E-state index contributed by atoms with van der Waals surface area (Å²) in [6.07, 6.45) is 1.59. The van der Waals surface area contributed by atoms with Crippen molar-refractivity contribution in [2.75, 3.05) is 64.3 Å². The van der Waals surface area contributed by atoms with Crippen molar-refractivity contribution in [1.29, 1.82) is 0 Å². The van der Waals surface area contributed by atoms with Crippen LogP contribution in [0.1, 0.15) is 18.4 Å². The quantitative estimate of drug-likeness (QED) is 0.762. The van der Waals surface area contributed by atoms with E-state index in [1.54, 1.807) is 0 Å². The number of piperazine rings is 1. The molecule has 162 valence electrons. The number of fused-ring (bicyclic) bond motifs is 1. The molecule has 1 N–H and O–H groups in total. The van der Waals surface area contributed by atoms with Crippen LogP contribution in [0, 0.1) is 5.92 Å². The first kappa shape index (κ1) is 20.8. The Morgan fingerprint density at radius 2 is 1.63 bits per heavy atom. The molecule has 1 atom stereocenters.